The topological polar surface area (TPSA) is 20.2 Å². The Morgan fingerprint density at radius 3 is 2.33 bits per heavy atom. The Labute approximate surface area is 75.8 Å². The molecule has 0 aliphatic carbocycles. The fourth-order valence-electron chi connectivity index (χ4n) is 1.10. The van der Waals surface area contributed by atoms with E-state index in [-0.39, 0.29) is 0 Å². The molecule has 12 heavy (non-hydrogen) atoms. The van der Waals surface area contributed by atoms with Gasteiger partial charge in [0, 0.05) is 6.61 Å². The molecule has 0 amide bonds. The summed E-state index contributed by atoms with van der Waals surface area (Å²) in [5, 5.41) is 8.52. The van der Waals surface area contributed by atoms with Gasteiger partial charge in [-0.05, 0) is 19.3 Å². The van der Waals surface area contributed by atoms with Crippen LogP contribution < -0.4 is 0 Å². The first kappa shape index (κ1) is 11.4. The number of rotatable bonds is 8. The van der Waals surface area contributed by atoms with Gasteiger partial charge >= 0.3 is 0 Å². The average Bonchev–Trinajstić information content (AvgIpc) is 2.10. The van der Waals surface area contributed by atoms with Crippen LogP contribution in [0.4, 0.5) is 0 Å². The molecule has 0 saturated carbocycles. The van der Waals surface area contributed by atoms with Crippen molar-refractivity contribution in [2.24, 2.45) is 0 Å². The van der Waals surface area contributed by atoms with E-state index in [4.69, 9.17) is 5.11 Å². The highest BCUT2D eigenvalue weighted by molar-refractivity contribution is 4.96. The van der Waals surface area contributed by atoms with Gasteiger partial charge in [0.15, 0.2) is 0 Å². The quantitative estimate of drug-likeness (QED) is 0.436. The number of unbranched alkanes of at least 4 members (excludes halogenated alkanes) is 5. The fourth-order valence-corrected chi connectivity index (χ4v) is 1.10. The lowest BCUT2D eigenvalue weighted by Gasteiger charge is -1.96. The van der Waals surface area contributed by atoms with Gasteiger partial charge in [0.2, 0.25) is 0 Å². The first-order valence-corrected chi connectivity index (χ1v) is 4.80. The third-order valence-electron chi connectivity index (χ3n) is 1.80. The van der Waals surface area contributed by atoms with Gasteiger partial charge in [0.1, 0.15) is 0 Å². The third-order valence-corrected chi connectivity index (χ3v) is 1.80. The molecular formula is C11H20O. The smallest absolute Gasteiger partial charge is 0.0431 e. The van der Waals surface area contributed by atoms with E-state index in [0.29, 0.717) is 6.61 Å². The number of allylic oxidation sites excluding steroid dienone is 3. The largest absolute Gasteiger partial charge is 0.396 e. The lowest BCUT2D eigenvalue weighted by Crippen LogP contribution is -1.82. The van der Waals surface area contributed by atoms with E-state index >= 15 is 0 Å². The van der Waals surface area contributed by atoms with Crippen molar-refractivity contribution < 1.29 is 5.11 Å². The van der Waals surface area contributed by atoms with Gasteiger partial charge in [0.25, 0.3) is 0 Å². The van der Waals surface area contributed by atoms with Crippen LogP contribution in [0, 0.1) is 0 Å². The Hall–Kier alpha value is -0.560. The molecule has 0 aliphatic heterocycles. The van der Waals surface area contributed by atoms with E-state index in [1.54, 1.807) is 0 Å². The van der Waals surface area contributed by atoms with Crippen LogP contribution >= 0.6 is 0 Å². The molecule has 0 fully saturated rings. The zero-order valence-corrected chi connectivity index (χ0v) is 7.84. The SMILES string of the molecule is C=CC=CCCCCCCCO. The van der Waals surface area contributed by atoms with Gasteiger partial charge in [-0.2, -0.15) is 0 Å². The predicted octanol–water partition coefficient (Wildman–Crippen LogP) is 3.06. The molecule has 0 unspecified atom stereocenters. The van der Waals surface area contributed by atoms with Crippen molar-refractivity contribution in [2.45, 2.75) is 38.5 Å². The Morgan fingerprint density at radius 2 is 1.67 bits per heavy atom. The monoisotopic (exact) mass is 168 g/mol. The molecule has 0 aromatic carbocycles. The molecule has 0 aliphatic rings. The summed E-state index contributed by atoms with van der Waals surface area (Å²) in [4.78, 5) is 0. The summed E-state index contributed by atoms with van der Waals surface area (Å²) in [5.41, 5.74) is 0. The van der Waals surface area contributed by atoms with Crippen LogP contribution in [-0.2, 0) is 0 Å². The van der Waals surface area contributed by atoms with Crippen molar-refractivity contribution in [3.63, 3.8) is 0 Å². The second kappa shape index (κ2) is 10.4. The summed E-state index contributed by atoms with van der Waals surface area (Å²) in [5.74, 6) is 0. The van der Waals surface area contributed by atoms with Crippen molar-refractivity contribution in [1.82, 2.24) is 0 Å². The maximum absolute atomic E-state index is 8.52. The van der Waals surface area contributed by atoms with Crippen molar-refractivity contribution in [1.29, 1.82) is 0 Å². The minimum atomic E-state index is 0.344. The van der Waals surface area contributed by atoms with Crippen LogP contribution in [0.1, 0.15) is 38.5 Å². The van der Waals surface area contributed by atoms with E-state index in [1.165, 1.54) is 25.7 Å². The number of aliphatic hydroxyl groups excluding tert-OH is 1. The van der Waals surface area contributed by atoms with Crippen LogP contribution in [0.5, 0.6) is 0 Å². The van der Waals surface area contributed by atoms with Gasteiger partial charge in [-0.3, -0.25) is 0 Å². The van der Waals surface area contributed by atoms with Gasteiger partial charge < -0.3 is 5.11 Å². The first-order chi connectivity index (χ1) is 5.91. The molecule has 0 spiro atoms. The molecule has 0 rings (SSSR count). The summed E-state index contributed by atoms with van der Waals surface area (Å²) in [6, 6.07) is 0. The summed E-state index contributed by atoms with van der Waals surface area (Å²) in [7, 11) is 0. The maximum atomic E-state index is 8.52. The summed E-state index contributed by atoms with van der Waals surface area (Å²) in [6.07, 6.45) is 13.0. The van der Waals surface area contributed by atoms with Crippen LogP contribution in [0.3, 0.4) is 0 Å². The van der Waals surface area contributed by atoms with Crippen LogP contribution in [-0.4, -0.2) is 11.7 Å². The lowest BCUT2D eigenvalue weighted by atomic mass is 10.1. The molecular weight excluding hydrogens is 148 g/mol. The molecule has 1 heteroatoms. The second-order valence-corrected chi connectivity index (χ2v) is 2.94. The molecule has 0 aromatic heterocycles. The highest BCUT2D eigenvalue weighted by atomic mass is 16.2. The highest BCUT2D eigenvalue weighted by Gasteiger charge is 1.87. The fraction of sp³-hybridized carbons (Fsp3) is 0.636. The highest BCUT2D eigenvalue weighted by Crippen LogP contribution is 2.05. The van der Waals surface area contributed by atoms with Gasteiger partial charge in [-0.1, -0.05) is 44.1 Å². The zero-order chi connectivity index (χ0) is 9.07. The molecule has 0 heterocycles. The molecule has 0 saturated heterocycles. The van der Waals surface area contributed by atoms with Gasteiger partial charge in [-0.25, -0.2) is 0 Å². The first-order valence-electron chi connectivity index (χ1n) is 4.80. The Bertz CT molecular complexity index is 116. The van der Waals surface area contributed by atoms with Crippen molar-refractivity contribution in [3.05, 3.63) is 24.8 Å². The van der Waals surface area contributed by atoms with E-state index in [9.17, 15) is 0 Å². The molecule has 70 valence electrons. The van der Waals surface area contributed by atoms with E-state index in [2.05, 4.69) is 12.7 Å². The zero-order valence-electron chi connectivity index (χ0n) is 7.84. The van der Waals surface area contributed by atoms with Crippen LogP contribution in [0.15, 0.2) is 24.8 Å². The van der Waals surface area contributed by atoms with Crippen molar-refractivity contribution in [3.8, 4) is 0 Å². The molecule has 1 nitrogen and oxygen atoms in total. The van der Waals surface area contributed by atoms with E-state index in [1.807, 2.05) is 12.2 Å². The standard InChI is InChI=1S/C11H20O/c1-2-3-4-5-6-7-8-9-10-11-12/h2-4,12H,1,5-11H2. The molecule has 1 N–H and O–H groups in total. The second-order valence-electron chi connectivity index (χ2n) is 2.94. The summed E-state index contributed by atoms with van der Waals surface area (Å²) < 4.78 is 0. The van der Waals surface area contributed by atoms with Gasteiger partial charge in [-0.15, -0.1) is 0 Å². The predicted molar refractivity (Wildman–Crippen MR) is 54.1 cm³/mol. The normalized spacial score (nSPS) is 10.8. The number of hydrogen-bond acceptors (Lipinski definition) is 1. The van der Waals surface area contributed by atoms with Crippen molar-refractivity contribution in [2.75, 3.05) is 6.61 Å². The van der Waals surface area contributed by atoms with Gasteiger partial charge in [0.05, 0.1) is 0 Å². The molecule has 0 radical (unpaired) electrons. The Balaban J connectivity index is 2.90. The molecule has 0 bridgehead atoms. The lowest BCUT2D eigenvalue weighted by molar-refractivity contribution is 0.282. The number of aliphatic hydroxyl groups is 1. The summed E-state index contributed by atoms with van der Waals surface area (Å²) in [6.45, 7) is 3.95. The van der Waals surface area contributed by atoms with Crippen molar-refractivity contribution >= 4 is 0 Å². The van der Waals surface area contributed by atoms with Crippen LogP contribution in [0.2, 0.25) is 0 Å². The number of hydrogen-bond donors (Lipinski definition) is 1. The molecule has 0 aromatic rings. The van der Waals surface area contributed by atoms with Crippen LogP contribution in [0.25, 0.3) is 0 Å². The Kier molecular flexibility index (Phi) is 9.95. The maximum Gasteiger partial charge on any atom is 0.0431 e. The Morgan fingerprint density at radius 1 is 1.00 bits per heavy atom. The third kappa shape index (κ3) is 9.44. The van der Waals surface area contributed by atoms with E-state index in [0.717, 1.165) is 12.8 Å². The van der Waals surface area contributed by atoms with E-state index < -0.39 is 0 Å². The minimum Gasteiger partial charge on any atom is -0.396 e. The average molecular weight is 168 g/mol. The minimum absolute atomic E-state index is 0.344. The summed E-state index contributed by atoms with van der Waals surface area (Å²) >= 11 is 0. The molecule has 0 atom stereocenters.